The van der Waals surface area contributed by atoms with Crippen LogP contribution < -0.4 is 4.90 Å². The summed E-state index contributed by atoms with van der Waals surface area (Å²) in [5, 5.41) is 0.515. The minimum absolute atomic E-state index is 0.134. The number of anilines is 1. The van der Waals surface area contributed by atoms with Gasteiger partial charge in [-0.3, -0.25) is 4.21 Å². The highest BCUT2D eigenvalue weighted by Gasteiger charge is 2.24. The van der Waals surface area contributed by atoms with E-state index in [9.17, 15) is 4.21 Å². The fraction of sp³-hybridized carbons (Fsp3) is 0.692. The van der Waals surface area contributed by atoms with Gasteiger partial charge in [0.1, 0.15) is 16.8 Å². The van der Waals surface area contributed by atoms with Crippen molar-refractivity contribution in [2.75, 3.05) is 29.5 Å². The van der Waals surface area contributed by atoms with E-state index in [0.29, 0.717) is 16.7 Å². The summed E-state index contributed by atoms with van der Waals surface area (Å²) in [6, 6.07) is 0. The molecule has 1 fully saturated rings. The lowest BCUT2D eigenvalue weighted by Gasteiger charge is -2.30. The second kappa shape index (κ2) is 5.37. The molecule has 0 bridgehead atoms. The molecule has 106 valence electrons. The van der Waals surface area contributed by atoms with E-state index in [1.165, 1.54) is 0 Å². The Labute approximate surface area is 122 Å². The largest absolute Gasteiger partial charge is 0.354 e. The molecule has 0 spiro atoms. The van der Waals surface area contributed by atoms with Crippen LogP contribution in [0.3, 0.4) is 0 Å². The van der Waals surface area contributed by atoms with Crippen LogP contribution in [0.2, 0.25) is 5.15 Å². The van der Waals surface area contributed by atoms with Gasteiger partial charge in [0.2, 0.25) is 0 Å². The summed E-state index contributed by atoms with van der Waals surface area (Å²) >= 11 is 6.24. The average molecular weight is 302 g/mol. The molecule has 0 unspecified atom stereocenters. The van der Waals surface area contributed by atoms with E-state index >= 15 is 0 Å². The van der Waals surface area contributed by atoms with Crippen LogP contribution in [0.4, 0.5) is 5.82 Å². The van der Waals surface area contributed by atoms with E-state index < -0.39 is 10.8 Å². The molecule has 0 aliphatic carbocycles. The first-order valence-electron chi connectivity index (χ1n) is 6.43. The van der Waals surface area contributed by atoms with Crippen molar-refractivity contribution in [1.29, 1.82) is 0 Å². The smallest absolute Gasteiger partial charge is 0.137 e. The van der Waals surface area contributed by atoms with Gasteiger partial charge in [-0.25, -0.2) is 9.97 Å². The molecule has 1 aliphatic heterocycles. The van der Waals surface area contributed by atoms with Gasteiger partial charge < -0.3 is 4.90 Å². The van der Waals surface area contributed by atoms with E-state index in [2.05, 4.69) is 35.6 Å². The topological polar surface area (TPSA) is 46.1 Å². The Kier molecular flexibility index (Phi) is 4.16. The maximum Gasteiger partial charge on any atom is 0.137 e. The van der Waals surface area contributed by atoms with E-state index in [1.54, 1.807) is 0 Å². The monoisotopic (exact) mass is 301 g/mol. The van der Waals surface area contributed by atoms with Crippen molar-refractivity contribution < 1.29 is 4.21 Å². The van der Waals surface area contributed by atoms with Gasteiger partial charge in [0.05, 0.1) is 0 Å². The molecule has 19 heavy (non-hydrogen) atoms. The third-order valence-electron chi connectivity index (χ3n) is 3.21. The Morgan fingerprint density at radius 1 is 1.21 bits per heavy atom. The highest BCUT2D eigenvalue weighted by molar-refractivity contribution is 7.85. The fourth-order valence-corrected chi connectivity index (χ4v) is 3.19. The maximum atomic E-state index is 11.4. The molecule has 0 N–H and O–H groups in total. The SMILES string of the molecule is Cc1c(Cl)nc(C(C)(C)C)nc1N1CCS(=O)CC1. The van der Waals surface area contributed by atoms with Crippen LogP contribution in [-0.4, -0.2) is 38.8 Å². The molecule has 1 aromatic rings. The molecule has 0 aromatic carbocycles. The first kappa shape index (κ1) is 14.7. The summed E-state index contributed by atoms with van der Waals surface area (Å²) < 4.78 is 11.4. The Hall–Kier alpha value is -0.680. The van der Waals surface area contributed by atoms with Crippen LogP contribution in [0.5, 0.6) is 0 Å². The van der Waals surface area contributed by atoms with Crippen molar-refractivity contribution in [2.24, 2.45) is 0 Å². The Morgan fingerprint density at radius 2 is 1.79 bits per heavy atom. The minimum Gasteiger partial charge on any atom is -0.354 e. The molecular formula is C13H20ClN3OS. The molecule has 1 saturated heterocycles. The standard InChI is InChI=1S/C13H20ClN3OS/c1-9-10(14)15-12(13(2,3)4)16-11(9)17-5-7-19(18)8-6-17/h5-8H2,1-4H3. The lowest BCUT2D eigenvalue weighted by atomic mass is 9.95. The van der Waals surface area contributed by atoms with Gasteiger partial charge in [-0.2, -0.15) is 0 Å². The van der Waals surface area contributed by atoms with Gasteiger partial charge in [0, 0.05) is 46.4 Å². The Morgan fingerprint density at radius 3 is 2.32 bits per heavy atom. The highest BCUT2D eigenvalue weighted by atomic mass is 35.5. The maximum absolute atomic E-state index is 11.4. The first-order valence-corrected chi connectivity index (χ1v) is 8.30. The number of hydrogen-bond acceptors (Lipinski definition) is 4. The first-order chi connectivity index (χ1) is 8.79. The average Bonchev–Trinajstić information content (AvgIpc) is 2.32. The summed E-state index contributed by atoms with van der Waals surface area (Å²) in [5.74, 6) is 3.05. The molecule has 0 saturated carbocycles. The van der Waals surface area contributed by atoms with Crippen LogP contribution in [0.1, 0.15) is 32.2 Å². The van der Waals surface area contributed by atoms with Crippen LogP contribution in [0.15, 0.2) is 0 Å². The Bertz CT molecular complexity index is 503. The molecule has 1 aromatic heterocycles. The zero-order chi connectivity index (χ0) is 14.2. The van der Waals surface area contributed by atoms with Gasteiger partial charge in [-0.05, 0) is 6.92 Å². The molecule has 1 aliphatic rings. The van der Waals surface area contributed by atoms with Gasteiger partial charge in [0.25, 0.3) is 0 Å². The lowest BCUT2D eigenvalue weighted by Crippen LogP contribution is -2.39. The zero-order valence-electron chi connectivity index (χ0n) is 11.9. The second-order valence-corrected chi connectivity index (χ2v) is 7.93. The van der Waals surface area contributed by atoms with Crippen LogP contribution in [-0.2, 0) is 16.2 Å². The zero-order valence-corrected chi connectivity index (χ0v) is 13.4. The summed E-state index contributed by atoms with van der Waals surface area (Å²) in [4.78, 5) is 11.2. The Balaban J connectivity index is 2.39. The van der Waals surface area contributed by atoms with Crippen molar-refractivity contribution in [3.8, 4) is 0 Å². The number of hydrogen-bond donors (Lipinski definition) is 0. The van der Waals surface area contributed by atoms with E-state index in [-0.39, 0.29) is 5.41 Å². The second-order valence-electron chi connectivity index (χ2n) is 5.87. The summed E-state index contributed by atoms with van der Waals surface area (Å²) in [5.41, 5.74) is 0.771. The molecular weight excluding hydrogens is 282 g/mol. The number of halogens is 1. The van der Waals surface area contributed by atoms with E-state index in [4.69, 9.17) is 11.6 Å². The third kappa shape index (κ3) is 3.26. The van der Waals surface area contributed by atoms with E-state index in [0.717, 1.165) is 30.3 Å². The number of nitrogens with zero attached hydrogens (tertiary/aromatic N) is 3. The van der Waals surface area contributed by atoms with E-state index in [1.807, 2.05) is 6.92 Å². The normalized spacial score (nSPS) is 17.8. The number of rotatable bonds is 1. The highest BCUT2D eigenvalue weighted by Crippen LogP contribution is 2.28. The summed E-state index contributed by atoms with van der Waals surface area (Å²) in [6.45, 7) is 9.69. The van der Waals surface area contributed by atoms with Gasteiger partial charge in [-0.1, -0.05) is 32.4 Å². The summed E-state index contributed by atoms with van der Waals surface area (Å²) in [7, 11) is -0.687. The van der Waals surface area contributed by atoms with Crippen LogP contribution in [0, 0.1) is 6.92 Å². The lowest BCUT2D eigenvalue weighted by molar-refractivity contribution is 0.543. The minimum atomic E-state index is -0.687. The van der Waals surface area contributed by atoms with Crippen LogP contribution >= 0.6 is 11.6 Å². The summed E-state index contributed by atoms with van der Waals surface area (Å²) in [6.07, 6.45) is 0. The van der Waals surface area contributed by atoms with Gasteiger partial charge in [-0.15, -0.1) is 0 Å². The van der Waals surface area contributed by atoms with Crippen molar-refractivity contribution in [3.63, 3.8) is 0 Å². The third-order valence-corrected chi connectivity index (χ3v) is 4.85. The molecule has 0 amide bonds. The molecule has 4 nitrogen and oxygen atoms in total. The predicted octanol–water partition coefficient (Wildman–Crippen LogP) is 2.30. The number of aromatic nitrogens is 2. The van der Waals surface area contributed by atoms with Crippen molar-refractivity contribution in [1.82, 2.24) is 9.97 Å². The molecule has 0 atom stereocenters. The van der Waals surface area contributed by atoms with Crippen molar-refractivity contribution in [3.05, 3.63) is 16.5 Å². The van der Waals surface area contributed by atoms with Crippen molar-refractivity contribution >= 4 is 28.2 Å². The molecule has 2 heterocycles. The van der Waals surface area contributed by atoms with Crippen LogP contribution in [0.25, 0.3) is 0 Å². The van der Waals surface area contributed by atoms with Gasteiger partial charge in [0.15, 0.2) is 0 Å². The quantitative estimate of drug-likeness (QED) is 0.747. The molecule has 0 radical (unpaired) electrons. The fourth-order valence-electron chi connectivity index (χ4n) is 1.97. The van der Waals surface area contributed by atoms with Crippen molar-refractivity contribution in [2.45, 2.75) is 33.1 Å². The molecule has 6 heteroatoms. The molecule has 2 rings (SSSR count). The predicted molar refractivity (Wildman–Crippen MR) is 80.6 cm³/mol. The van der Waals surface area contributed by atoms with Gasteiger partial charge >= 0.3 is 0 Å².